The van der Waals surface area contributed by atoms with Crippen LogP contribution in [-0.2, 0) is 23.3 Å². The zero-order valence-corrected chi connectivity index (χ0v) is 30.9. The van der Waals surface area contributed by atoms with Crippen molar-refractivity contribution in [2.24, 2.45) is 0 Å². The molecule has 0 spiro atoms. The van der Waals surface area contributed by atoms with Gasteiger partial charge in [-0.3, -0.25) is 0 Å². The van der Waals surface area contributed by atoms with Gasteiger partial charge in [0.2, 0.25) is 0 Å². The number of aryl methyl sites for hydroxylation is 1. The number of fused-ring (bicyclic) bond motifs is 2. The molecule has 2 radical (unpaired) electrons. The van der Waals surface area contributed by atoms with Gasteiger partial charge in [0.05, 0.1) is 0 Å². The van der Waals surface area contributed by atoms with Crippen LogP contribution in [0.1, 0.15) is 30.9 Å². The molecule has 6 aromatic carbocycles. The van der Waals surface area contributed by atoms with E-state index >= 15 is 0 Å². The molecule has 0 fully saturated rings. The predicted molar refractivity (Wildman–Crippen MR) is 190 cm³/mol. The molecule has 0 nitrogen and oxygen atoms in total. The first kappa shape index (κ1) is 39.3. The summed E-state index contributed by atoms with van der Waals surface area (Å²) in [6.45, 7) is 9.70. The standard InChI is InChI=1S/C18H17.C16H12Br.2CH3.2ClH.Si.Zr/c1-13(2)16-11-15-9-6-10-17(18(15)12-16)14-7-4-3-5-8-14;1-11-9-14-13(12-5-3-2-4-6-12)7-8-16(17)15(14)10-11;;;;;;/h3-13H,1-2H3;2-10H,1H3;2*1H3;2*1H;;/q4*-1;;;;. The molecule has 6 aromatic rings. The molecule has 0 heterocycles. The number of hydrogen-bond acceptors (Lipinski definition) is 0. The summed E-state index contributed by atoms with van der Waals surface area (Å²) >= 11 is 4.97. The minimum absolute atomic E-state index is 0. The molecule has 0 saturated carbocycles. The maximum atomic E-state index is 3.62. The van der Waals surface area contributed by atoms with Crippen molar-refractivity contribution in [3.63, 3.8) is 0 Å². The molecule has 214 valence electrons. The van der Waals surface area contributed by atoms with E-state index < -0.39 is 0 Å². The van der Waals surface area contributed by atoms with Crippen LogP contribution < -0.4 is 0 Å². The molecule has 0 aliphatic heterocycles. The summed E-state index contributed by atoms with van der Waals surface area (Å²) in [5.41, 5.74) is 7.94. The number of halogens is 3. The third-order valence-corrected chi connectivity index (χ3v) is 7.28. The molecule has 5 heteroatoms. The van der Waals surface area contributed by atoms with Gasteiger partial charge in [-0.05, 0) is 17.0 Å². The summed E-state index contributed by atoms with van der Waals surface area (Å²) in [5.74, 6) is 0.584. The van der Waals surface area contributed by atoms with Gasteiger partial charge in [-0.25, -0.2) is 0 Å². The Morgan fingerprint density at radius 2 is 1.20 bits per heavy atom. The van der Waals surface area contributed by atoms with Gasteiger partial charge in [0.15, 0.2) is 0 Å². The number of rotatable bonds is 3. The predicted octanol–water partition coefficient (Wildman–Crippen LogP) is 12.0. The van der Waals surface area contributed by atoms with Crippen LogP contribution in [0.15, 0.2) is 120 Å². The first-order chi connectivity index (χ1) is 18.0. The molecule has 0 saturated heterocycles. The Kier molecular flexibility index (Phi) is 17.9. The Balaban J connectivity index is 0.000000675. The molecule has 6 rings (SSSR count). The van der Waals surface area contributed by atoms with Crippen molar-refractivity contribution in [3.05, 3.63) is 146 Å². The van der Waals surface area contributed by atoms with E-state index in [0.717, 1.165) is 0 Å². The van der Waals surface area contributed by atoms with E-state index in [4.69, 9.17) is 0 Å². The Bertz CT molecular complexity index is 1610. The van der Waals surface area contributed by atoms with Crippen LogP contribution in [0.25, 0.3) is 43.8 Å². The second-order valence-corrected chi connectivity index (χ2v) is 10.3. The van der Waals surface area contributed by atoms with Crippen LogP contribution in [0, 0.1) is 21.8 Å². The van der Waals surface area contributed by atoms with E-state index in [0.29, 0.717) is 5.92 Å². The molecule has 0 aliphatic carbocycles. The molecule has 0 bridgehead atoms. The van der Waals surface area contributed by atoms with Crippen LogP contribution in [-0.4, -0.2) is 6.88 Å². The molecule has 0 aromatic heterocycles. The fourth-order valence-electron chi connectivity index (χ4n) is 4.74. The third-order valence-electron chi connectivity index (χ3n) is 6.59. The van der Waals surface area contributed by atoms with E-state index in [2.05, 4.69) is 159 Å². The van der Waals surface area contributed by atoms with E-state index in [-0.39, 0.29) is 39.7 Å². The van der Waals surface area contributed by atoms with Crippen molar-refractivity contribution >= 4 is 69.2 Å². The summed E-state index contributed by atoms with van der Waals surface area (Å²) in [4.78, 5) is 0. The monoisotopic (exact) mass is 736 g/mol. The first-order valence-corrected chi connectivity index (χ1v) is 17.4. The number of hydrogen-bond donors (Lipinski definition) is 0. The topological polar surface area (TPSA) is 0 Å². The normalized spacial score (nSPS) is 9.56. The second kappa shape index (κ2) is 18.7. The minimum atomic E-state index is 0. The Hall–Kier alpha value is -1.74. The van der Waals surface area contributed by atoms with Crippen molar-refractivity contribution in [1.82, 2.24) is 0 Å². The van der Waals surface area contributed by atoms with Crippen molar-refractivity contribution < 1.29 is 23.3 Å². The molecule has 0 aliphatic rings. The SMILES string of the molecule is CC(C)c1cc2c(-c3ccccc3)cccc2[cH-]1.Cc1cc2c(-c3ccccc3)ccc(Br)c2[cH-]1.Cl.Cl.[CH3-].[CH3-].[Si]=[Zr]. The molecule has 0 amide bonds. The molecule has 0 unspecified atom stereocenters. The van der Waals surface area contributed by atoms with Gasteiger partial charge >= 0.3 is 30.2 Å². The summed E-state index contributed by atoms with van der Waals surface area (Å²) in [5, 5.41) is 5.33. The summed E-state index contributed by atoms with van der Waals surface area (Å²) in [6.07, 6.45) is 0. The summed E-state index contributed by atoms with van der Waals surface area (Å²) in [6, 6.07) is 41.1. The molecule has 0 atom stereocenters. The Labute approximate surface area is 284 Å². The van der Waals surface area contributed by atoms with Crippen molar-refractivity contribution in [3.8, 4) is 22.3 Å². The number of benzene rings is 4. The van der Waals surface area contributed by atoms with Crippen LogP contribution in [0.2, 0.25) is 0 Å². The van der Waals surface area contributed by atoms with Crippen LogP contribution in [0.3, 0.4) is 0 Å². The zero-order valence-electron chi connectivity index (χ0n) is 24.2. The first-order valence-electron chi connectivity index (χ1n) is 12.4. The zero-order chi connectivity index (χ0) is 26.4. The maximum absolute atomic E-state index is 3.62. The summed E-state index contributed by atoms with van der Waals surface area (Å²) < 4.78 is 1.17. The fraction of sp³-hybridized carbons (Fsp3) is 0.111. The van der Waals surface area contributed by atoms with E-state index in [1.807, 2.05) is 0 Å². The average molecular weight is 740 g/mol. The Morgan fingerprint density at radius 1 is 0.659 bits per heavy atom. The molecule has 0 N–H and O–H groups in total. The van der Waals surface area contributed by atoms with Crippen molar-refractivity contribution in [1.29, 1.82) is 0 Å². The average Bonchev–Trinajstić information content (AvgIpc) is 3.56. The summed E-state index contributed by atoms with van der Waals surface area (Å²) in [7, 11) is 0. The van der Waals surface area contributed by atoms with Crippen molar-refractivity contribution in [2.75, 3.05) is 0 Å². The van der Waals surface area contributed by atoms with Gasteiger partial charge in [-0.15, -0.1) is 97.7 Å². The fourth-order valence-corrected chi connectivity index (χ4v) is 5.20. The van der Waals surface area contributed by atoms with E-state index in [1.54, 1.807) is 0 Å². The quantitative estimate of drug-likeness (QED) is 0.125. The van der Waals surface area contributed by atoms with Crippen LogP contribution >= 0.6 is 40.7 Å². The van der Waals surface area contributed by atoms with Gasteiger partial charge in [0.25, 0.3) is 0 Å². The van der Waals surface area contributed by atoms with Gasteiger partial charge in [0.1, 0.15) is 0 Å². The Morgan fingerprint density at radius 3 is 1.73 bits per heavy atom. The van der Waals surface area contributed by atoms with Gasteiger partial charge in [-0.2, -0.15) is 12.1 Å². The molecular weight excluding hydrogens is 703 g/mol. The molecule has 41 heavy (non-hydrogen) atoms. The third kappa shape index (κ3) is 9.37. The molecular formula is C36H37BrCl2SiZr-4. The van der Waals surface area contributed by atoms with Crippen LogP contribution in [0.4, 0.5) is 0 Å². The second-order valence-electron chi connectivity index (χ2n) is 9.44. The van der Waals surface area contributed by atoms with E-state index in [9.17, 15) is 0 Å². The van der Waals surface area contributed by atoms with Gasteiger partial charge < -0.3 is 14.9 Å². The van der Waals surface area contributed by atoms with Gasteiger partial charge in [-0.1, -0.05) is 115 Å². The van der Waals surface area contributed by atoms with Crippen LogP contribution in [0.5, 0.6) is 0 Å². The van der Waals surface area contributed by atoms with Crippen molar-refractivity contribution in [2.45, 2.75) is 26.7 Å². The van der Waals surface area contributed by atoms with E-state index in [1.165, 1.54) is 82.7 Å². The van der Waals surface area contributed by atoms with Gasteiger partial charge in [0, 0.05) is 0 Å².